The number of carbonyl (C=O) groups is 1. The molecule has 1 aromatic rings. The number of amides is 1. The number of hydrazine groups is 1. The van der Waals surface area contributed by atoms with Crippen LogP contribution in [-0.2, 0) is 0 Å². The maximum Gasteiger partial charge on any atom is 0.253 e. The predicted octanol–water partition coefficient (Wildman–Crippen LogP) is 1.29. The average molecular weight is 234 g/mol. The Hall–Kier alpha value is -1.62. The van der Waals surface area contributed by atoms with Gasteiger partial charge in [0.05, 0.1) is 17.4 Å². The van der Waals surface area contributed by atoms with Gasteiger partial charge in [0, 0.05) is 12.7 Å². The molecule has 92 valence electrons. The van der Waals surface area contributed by atoms with Gasteiger partial charge in [-0.15, -0.1) is 0 Å². The van der Waals surface area contributed by atoms with Crippen molar-refractivity contribution in [2.75, 3.05) is 12.0 Å². The molecule has 0 bridgehead atoms. The van der Waals surface area contributed by atoms with Crippen LogP contribution >= 0.6 is 0 Å². The second-order valence-corrected chi connectivity index (χ2v) is 4.60. The van der Waals surface area contributed by atoms with Crippen molar-refractivity contribution in [3.8, 4) is 0 Å². The molecule has 4 N–H and O–H groups in total. The first-order chi connectivity index (χ1) is 8.21. The van der Waals surface area contributed by atoms with E-state index in [2.05, 4.69) is 22.7 Å². The molecular formula is C12H18N4O. The third kappa shape index (κ3) is 2.55. The molecular weight excluding hydrogens is 216 g/mol. The molecule has 5 heteroatoms. The van der Waals surface area contributed by atoms with E-state index in [1.165, 1.54) is 12.8 Å². The fourth-order valence-corrected chi connectivity index (χ4v) is 1.90. The summed E-state index contributed by atoms with van der Waals surface area (Å²) in [6.07, 6.45) is 6.67. The molecule has 0 atom stereocenters. The molecule has 1 heterocycles. The predicted molar refractivity (Wildman–Crippen MR) is 66.3 cm³/mol. The van der Waals surface area contributed by atoms with Gasteiger partial charge in [-0.25, -0.2) is 0 Å². The number of hydrogen-bond acceptors (Lipinski definition) is 4. The fraction of sp³-hybridized carbons (Fsp3) is 0.500. The first kappa shape index (κ1) is 11.9. The van der Waals surface area contributed by atoms with Crippen LogP contribution in [-0.4, -0.2) is 17.4 Å². The molecule has 1 aliphatic rings. The second-order valence-electron chi connectivity index (χ2n) is 4.60. The van der Waals surface area contributed by atoms with E-state index in [4.69, 9.17) is 5.84 Å². The highest BCUT2D eigenvalue weighted by Crippen LogP contribution is 2.47. The number of rotatable bonds is 5. The summed E-state index contributed by atoms with van der Waals surface area (Å²) in [6.45, 7) is 2.91. The molecule has 1 amide bonds. The van der Waals surface area contributed by atoms with Gasteiger partial charge in [0.1, 0.15) is 0 Å². The van der Waals surface area contributed by atoms with Crippen LogP contribution in [0.15, 0.2) is 18.5 Å². The molecule has 0 aromatic carbocycles. The lowest BCUT2D eigenvalue weighted by molar-refractivity contribution is 0.0945. The molecule has 1 fully saturated rings. The molecule has 5 nitrogen and oxygen atoms in total. The van der Waals surface area contributed by atoms with Gasteiger partial charge in [-0.2, -0.15) is 0 Å². The van der Waals surface area contributed by atoms with Gasteiger partial charge in [-0.05, 0) is 30.7 Å². The summed E-state index contributed by atoms with van der Waals surface area (Å²) in [6, 6.07) is 1.66. The molecule has 1 saturated carbocycles. The van der Waals surface area contributed by atoms with Crippen molar-refractivity contribution in [1.82, 2.24) is 10.3 Å². The first-order valence-corrected chi connectivity index (χ1v) is 5.89. The monoisotopic (exact) mass is 234 g/mol. The van der Waals surface area contributed by atoms with Crippen molar-refractivity contribution < 1.29 is 4.79 Å². The lowest BCUT2D eigenvalue weighted by Gasteiger charge is -2.14. The fourth-order valence-electron chi connectivity index (χ4n) is 1.90. The van der Waals surface area contributed by atoms with Gasteiger partial charge in [-0.1, -0.05) is 6.92 Å². The van der Waals surface area contributed by atoms with Gasteiger partial charge in [0.25, 0.3) is 5.91 Å². The Morgan fingerprint density at radius 2 is 2.35 bits per heavy atom. The molecule has 0 unspecified atom stereocenters. The number of nitrogens with zero attached hydrogens (tertiary/aromatic N) is 1. The molecule has 1 aliphatic carbocycles. The minimum absolute atomic E-state index is 0.0972. The Balaban J connectivity index is 1.99. The summed E-state index contributed by atoms with van der Waals surface area (Å²) in [7, 11) is 0. The van der Waals surface area contributed by atoms with Crippen LogP contribution in [0.3, 0.4) is 0 Å². The molecule has 17 heavy (non-hydrogen) atoms. The van der Waals surface area contributed by atoms with Gasteiger partial charge >= 0.3 is 0 Å². The topological polar surface area (TPSA) is 80.0 Å². The van der Waals surface area contributed by atoms with Gasteiger partial charge < -0.3 is 10.7 Å². The van der Waals surface area contributed by atoms with Gasteiger partial charge in [0.2, 0.25) is 0 Å². The Morgan fingerprint density at radius 1 is 1.59 bits per heavy atom. The van der Waals surface area contributed by atoms with E-state index >= 15 is 0 Å². The Bertz CT molecular complexity index is 415. The average Bonchev–Trinajstić information content (AvgIpc) is 3.16. The largest absolute Gasteiger partial charge is 0.351 e. The van der Waals surface area contributed by atoms with E-state index in [1.807, 2.05) is 0 Å². The van der Waals surface area contributed by atoms with Gasteiger partial charge in [-0.3, -0.25) is 15.6 Å². The standard InChI is InChI=1S/C12H18N4O/c1-2-12(4-5-12)8-15-11(17)9-3-6-14-7-10(9)16-13/h3,6-7,16H,2,4-5,8,13H2,1H3,(H,15,17). The molecule has 0 aliphatic heterocycles. The zero-order valence-corrected chi connectivity index (χ0v) is 9.99. The number of nitrogen functional groups attached to an aromatic ring is 1. The SMILES string of the molecule is CCC1(CNC(=O)c2ccncc2NN)CC1. The molecule has 1 aromatic heterocycles. The van der Waals surface area contributed by atoms with E-state index in [0.29, 0.717) is 16.7 Å². The van der Waals surface area contributed by atoms with E-state index in [1.54, 1.807) is 18.5 Å². The van der Waals surface area contributed by atoms with E-state index < -0.39 is 0 Å². The van der Waals surface area contributed by atoms with Crippen LogP contribution in [0.25, 0.3) is 0 Å². The summed E-state index contributed by atoms with van der Waals surface area (Å²) < 4.78 is 0. The van der Waals surface area contributed by atoms with E-state index in [-0.39, 0.29) is 5.91 Å². The second kappa shape index (κ2) is 4.71. The van der Waals surface area contributed by atoms with E-state index in [9.17, 15) is 4.79 Å². The van der Waals surface area contributed by atoms with Crippen LogP contribution in [0, 0.1) is 5.41 Å². The normalized spacial score (nSPS) is 16.4. The third-order valence-corrected chi connectivity index (χ3v) is 3.55. The molecule has 0 saturated heterocycles. The maximum absolute atomic E-state index is 12.0. The highest BCUT2D eigenvalue weighted by molar-refractivity contribution is 5.99. The molecule has 0 radical (unpaired) electrons. The first-order valence-electron chi connectivity index (χ1n) is 5.89. The number of carbonyl (C=O) groups excluding carboxylic acids is 1. The lowest BCUT2D eigenvalue weighted by atomic mass is 10.0. The van der Waals surface area contributed by atoms with Crippen molar-refractivity contribution in [2.24, 2.45) is 11.3 Å². The zero-order valence-electron chi connectivity index (χ0n) is 9.99. The number of nitrogens with one attached hydrogen (secondary N) is 2. The summed E-state index contributed by atoms with van der Waals surface area (Å²) in [5, 5.41) is 2.97. The lowest BCUT2D eigenvalue weighted by Crippen LogP contribution is -2.30. The van der Waals surface area contributed by atoms with Crippen molar-refractivity contribution in [1.29, 1.82) is 0 Å². The van der Waals surface area contributed by atoms with Crippen molar-refractivity contribution in [2.45, 2.75) is 26.2 Å². The highest BCUT2D eigenvalue weighted by Gasteiger charge is 2.40. The van der Waals surface area contributed by atoms with Crippen LogP contribution in [0.2, 0.25) is 0 Å². The van der Waals surface area contributed by atoms with Crippen LogP contribution in [0.4, 0.5) is 5.69 Å². The number of nitrogens with two attached hydrogens (primary N) is 1. The minimum atomic E-state index is -0.0972. The summed E-state index contributed by atoms with van der Waals surface area (Å²) in [4.78, 5) is 15.9. The number of pyridine rings is 1. The number of aromatic nitrogens is 1. The summed E-state index contributed by atoms with van der Waals surface area (Å²) in [5.41, 5.74) is 3.91. The van der Waals surface area contributed by atoms with Crippen molar-refractivity contribution >= 4 is 11.6 Å². The summed E-state index contributed by atoms with van der Waals surface area (Å²) in [5.74, 6) is 5.24. The van der Waals surface area contributed by atoms with Crippen molar-refractivity contribution in [3.63, 3.8) is 0 Å². The quantitative estimate of drug-likeness (QED) is 0.529. The Morgan fingerprint density at radius 3 is 2.94 bits per heavy atom. The third-order valence-electron chi connectivity index (χ3n) is 3.55. The number of hydrogen-bond donors (Lipinski definition) is 3. The smallest absolute Gasteiger partial charge is 0.253 e. The maximum atomic E-state index is 12.0. The minimum Gasteiger partial charge on any atom is -0.351 e. The Labute approximate surface area is 101 Å². The molecule has 2 rings (SSSR count). The van der Waals surface area contributed by atoms with Gasteiger partial charge in [0.15, 0.2) is 0 Å². The van der Waals surface area contributed by atoms with Crippen LogP contribution in [0.1, 0.15) is 36.5 Å². The molecule has 0 spiro atoms. The van der Waals surface area contributed by atoms with Crippen molar-refractivity contribution in [3.05, 3.63) is 24.0 Å². The number of anilines is 1. The van der Waals surface area contributed by atoms with Crippen LogP contribution < -0.4 is 16.6 Å². The zero-order chi connectivity index (χ0) is 12.3. The summed E-state index contributed by atoms with van der Waals surface area (Å²) >= 11 is 0. The van der Waals surface area contributed by atoms with Crippen LogP contribution in [0.5, 0.6) is 0 Å². The van der Waals surface area contributed by atoms with E-state index in [0.717, 1.165) is 13.0 Å². The highest BCUT2D eigenvalue weighted by atomic mass is 16.1. The Kier molecular flexibility index (Phi) is 3.28.